The Morgan fingerprint density at radius 1 is 0.365 bits per heavy atom. The second-order valence-electron chi connectivity index (χ2n) is 24.4. The van der Waals surface area contributed by atoms with Crippen LogP contribution in [-0.2, 0) is 5.41 Å². The van der Waals surface area contributed by atoms with Gasteiger partial charge in [-0.25, -0.2) is 17.6 Å². The van der Waals surface area contributed by atoms with Gasteiger partial charge in [-0.05, 0) is 195 Å². The molecule has 5 nitrogen and oxygen atoms in total. The van der Waals surface area contributed by atoms with Crippen LogP contribution in [0.15, 0.2) is 220 Å². The Morgan fingerprint density at radius 3 is 1.49 bits per heavy atom. The zero-order valence-corrected chi connectivity index (χ0v) is 45.6. The number of fused-ring (bicyclic) bond motifs is 19. The van der Waals surface area contributed by atoms with E-state index in [0.29, 0.717) is 56.9 Å². The molecule has 15 aromatic rings. The van der Waals surface area contributed by atoms with E-state index < -0.39 is 28.7 Å². The van der Waals surface area contributed by atoms with E-state index in [2.05, 4.69) is 78.9 Å². The summed E-state index contributed by atoms with van der Waals surface area (Å²) in [6, 6.07) is 65.6. The Morgan fingerprint density at radius 2 is 0.871 bits per heavy atom. The maximum absolute atomic E-state index is 17.2. The molecule has 0 unspecified atom stereocenters. The summed E-state index contributed by atoms with van der Waals surface area (Å²) in [5, 5.41) is 12.2. The van der Waals surface area contributed by atoms with Crippen molar-refractivity contribution in [1.82, 2.24) is 0 Å². The number of hydrogen-bond donors (Lipinski definition) is 0. The highest BCUT2D eigenvalue weighted by Crippen LogP contribution is 2.72. The molecule has 1 spiro atoms. The van der Waals surface area contributed by atoms with Gasteiger partial charge in [0.05, 0.1) is 22.7 Å². The van der Waals surface area contributed by atoms with Gasteiger partial charge in [0, 0.05) is 73.4 Å². The van der Waals surface area contributed by atoms with Gasteiger partial charge in [0.2, 0.25) is 0 Å². The number of halogens is 4. The summed E-state index contributed by atoms with van der Waals surface area (Å²) in [6.07, 6.45) is 5.49. The molecule has 0 N–H and O–H groups in total. The Hall–Kier alpha value is -9.86. The third-order valence-corrected chi connectivity index (χ3v) is 20.2. The lowest BCUT2D eigenvalue weighted by Crippen LogP contribution is -2.55. The average Bonchev–Trinajstić information content (AvgIpc) is 1.57. The van der Waals surface area contributed by atoms with Crippen molar-refractivity contribution < 1.29 is 30.8 Å². The van der Waals surface area contributed by atoms with Gasteiger partial charge < -0.3 is 23.1 Å². The number of anilines is 6. The molecule has 20 rings (SSSR count). The van der Waals surface area contributed by atoms with Crippen molar-refractivity contribution in [1.29, 1.82) is 0 Å². The van der Waals surface area contributed by atoms with Crippen LogP contribution in [0.1, 0.15) is 43.2 Å². The lowest BCUT2D eigenvalue weighted by atomic mass is 9.43. The second kappa shape index (κ2) is 17.1. The summed E-state index contributed by atoms with van der Waals surface area (Å²) in [6.45, 7) is 0. The normalized spacial score (nSPS) is 19.6. The third kappa shape index (κ3) is 6.53. The monoisotopic (exact) mass is 1110 g/mol. The van der Waals surface area contributed by atoms with Crippen LogP contribution in [0.25, 0.3) is 109 Å². The Kier molecular flexibility index (Phi) is 9.60. The maximum atomic E-state index is 17.2. The van der Waals surface area contributed by atoms with Crippen molar-refractivity contribution in [2.24, 2.45) is 23.7 Å². The highest BCUT2D eigenvalue weighted by Gasteiger charge is 2.62. The van der Waals surface area contributed by atoms with Crippen LogP contribution < -0.4 is 9.80 Å². The Labute approximate surface area is 483 Å². The van der Waals surface area contributed by atoms with Gasteiger partial charge in [-0.3, -0.25) is 0 Å². The van der Waals surface area contributed by atoms with E-state index in [1.54, 1.807) is 0 Å². The number of benzene rings is 12. The highest BCUT2D eigenvalue weighted by atomic mass is 19.1. The molecule has 0 amide bonds. The number of nitrogens with zero attached hydrogens (tertiary/aromatic N) is 2. The first-order chi connectivity index (χ1) is 41.7. The summed E-state index contributed by atoms with van der Waals surface area (Å²) in [5.41, 5.74) is 11.1. The van der Waals surface area contributed by atoms with Crippen molar-refractivity contribution in [3.05, 3.63) is 241 Å². The van der Waals surface area contributed by atoms with Crippen LogP contribution in [0.5, 0.6) is 0 Å². The summed E-state index contributed by atoms with van der Waals surface area (Å²) in [4.78, 5) is 3.80. The van der Waals surface area contributed by atoms with E-state index in [9.17, 15) is 0 Å². The summed E-state index contributed by atoms with van der Waals surface area (Å²) in [5.74, 6) is -1.04. The molecule has 0 saturated heterocycles. The lowest BCUT2D eigenvalue weighted by molar-refractivity contribution is -0.0393. The molecule has 4 saturated carbocycles. The van der Waals surface area contributed by atoms with Gasteiger partial charge in [0.1, 0.15) is 51.2 Å². The van der Waals surface area contributed by atoms with E-state index in [-0.39, 0.29) is 23.2 Å². The molecule has 5 aliphatic rings. The second-order valence-corrected chi connectivity index (χ2v) is 24.4. The smallest absolute Gasteiger partial charge is 0.160 e. The number of para-hydroxylation sites is 1. The molecule has 12 aromatic carbocycles. The maximum Gasteiger partial charge on any atom is 0.160 e. The quantitative estimate of drug-likeness (QED) is 0.155. The minimum Gasteiger partial charge on any atom is -0.456 e. The summed E-state index contributed by atoms with van der Waals surface area (Å²) < 4.78 is 84.7. The van der Waals surface area contributed by atoms with Gasteiger partial charge >= 0.3 is 0 Å². The molecule has 3 heterocycles. The molecular formula is C76H48F4N2O3. The van der Waals surface area contributed by atoms with Gasteiger partial charge in [0.25, 0.3) is 0 Å². The molecule has 5 aliphatic carbocycles. The average molecular weight is 1110 g/mol. The Balaban J connectivity index is 0.878. The highest BCUT2D eigenvalue weighted by molar-refractivity contribution is 6.23. The van der Waals surface area contributed by atoms with Crippen molar-refractivity contribution in [3.63, 3.8) is 0 Å². The van der Waals surface area contributed by atoms with Crippen LogP contribution in [0.3, 0.4) is 0 Å². The standard InChI is InChI=1S/C76H48F4N2O3/c77-47-17-25-62(60(79)34-47)81(50-20-23-55-68(37-50)83-66-27-15-42-7-1-3-9-52(42)70(55)66)49-19-13-44-14-22-57-72-59(76(74(57)58(44)36-49)45-30-40-29-41(32-45)33-46(76)31-40)39-64(75-73(72)54-11-5-6-12-65(54)85-75)82(63-26-18-48(78)35-61(63)80)51-21-24-56-69(38-51)84-67-28-16-43-8-2-4-10-53(43)71(56)67/h1-28,34-41,45-46H,29-33H2. The van der Waals surface area contributed by atoms with E-state index in [0.717, 1.165) is 125 Å². The van der Waals surface area contributed by atoms with E-state index in [1.807, 2.05) is 101 Å². The molecule has 4 bridgehead atoms. The minimum absolute atomic E-state index is 0.163. The molecular weight excluding hydrogens is 1060 g/mol. The third-order valence-electron chi connectivity index (χ3n) is 20.2. The molecule has 9 heteroatoms. The fraction of sp³-hybridized carbons (Fsp3) is 0.132. The van der Waals surface area contributed by atoms with Gasteiger partial charge in [-0.2, -0.15) is 0 Å². The van der Waals surface area contributed by atoms with Crippen LogP contribution in [0.4, 0.5) is 51.7 Å². The lowest BCUT2D eigenvalue weighted by Gasteiger charge is -2.61. The summed E-state index contributed by atoms with van der Waals surface area (Å²) >= 11 is 0. The molecule has 0 atom stereocenters. The molecule has 4 fully saturated rings. The van der Waals surface area contributed by atoms with Crippen LogP contribution >= 0.6 is 0 Å². The first-order valence-electron chi connectivity index (χ1n) is 29.5. The fourth-order valence-corrected chi connectivity index (χ4v) is 17.2. The molecule has 85 heavy (non-hydrogen) atoms. The van der Waals surface area contributed by atoms with E-state index in [4.69, 9.17) is 13.3 Å². The predicted octanol–water partition coefficient (Wildman–Crippen LogP) is 22.1. The van der Waals surface area contributed by atoms with Crippen LogP contribution in [0.2, 0.25) is 0 Å². The number of hydrogen-bond acceptors (Lipinski definition) is 5. The van der Waals surface area contributed by atoms with Crippen LogP contribution in [-0.4, -0.2) is 0 Å². The van der Waals surface area contributed by atoms with Gasteiger partial charge in [-0.15, -0.1) is 0 Å². The molecule has 0 aliphatic heterocycles. The first kappa shape index (κ1) is 47.6. The number of rotatable bonds is 6. The minimum atomic E-state index is -0.721. The SMILES string of the molecule is Fc1ccc(N(c2ccc3c(c2)oc2ccc4ccccc4c23)c2ccc3ccc4c(c3c2)C2(c3cc(N(c5ccc6c(c5)oc5ccc7ccccc7c56)c5ccc(F)cc5F)c5oc6ccccc6c5c3-4)C3CC4CC(C3)CC2C4)c(F)c1. The van der Waals surface area contributed by atoms with E-state index >= 15 is 17.6 Å². The number of furan rings is 3. The first-order valence-corrected chi connectivity index (χ1v) is 29.5. The van der Waals surface area contributed by atoms with E-state index in [1.165, 1.54) is 41.8 Å². The fourth-order valence-electron chi connectivity index (χ4n) is 17.2. The van der Waals surface area contributed by atoms with Gasteiger partial charge in [0.15, 0.2) is 5.58 Å². The van der Waals surface area contributed by atoms with Crippen molar-refractivity contribution in [3.8, 4) is 11.1 Å². The zero-order valence-electron chi connectivity index (χ0n) is 45.6. The van der Waals surface area contributed by atoms with Crippen molar-refractivity contribution >= 4 is 132 Å². The Bertz CT molecular complexity index is 5410. The topological polar surface area (TPSA) is 45.9 Å². The molecule has 3 aromatic heterocycles. The van der Waals surface area contributed by atoms with Crippen molar-refractivity contribution in [2.75, 3.05) is 9.80 Å². The molecule has 408 valence electrons. The van der Waals surface area contributed by atoms with Gasteiger partial charge in [-0.1, -0.05) is 97.1 Å². The predicted molar refractivity (Wildman–Crippen MR) is 333 cm³/mol. The zero-order chi connectivity index (χ0) is 56.1. The van der Waals surface area contributed by atoms with Crippen molar-refractivity contribution in [2.45, 2.75) is 37.5 Å². The summed E-state index contributed by atoms with van der Waals surface area (Å²) in [7, 11) is 0. The largest absolute Gasteiger partial charge is 0.456 e. The molecule has 0 radical (unpaired) electrons. The van der Waals surface area contributed by atoms with Crippen LogP contribution in [0, 0.1) is 46.9 Å².